The average Bonchev–Trinajstić information content (AvgIpc) is 3.19. The lowest BCUT2D eigenvalue weighted by Gasteiger charge is -2.17. The average molecular weight is 449 g/mol. The van der Waals surface area contributed by atoms with Gasteiger partial charge in [0.25, 0.3) is 0 Å². The molecule has 0 spiro atoms. The summed E-state index contributed by atoms with van der Waals surface area (Å²) in [7, 11) is 0. The number of ether oxygens (including phenoxy) is 1. The van der Waals surface area contributed by atoms with Crippen molar-refractivity contribution in [3.63, 3.8) is 0 Å². The van der Waals surface area contributed by atoms with Crippen molar-refractivity contribution in [1.29, 1.82) is 0 Å². The fraction of sp³-hybridized carbons (Fsp3) is 0.192. The standard InChI is InChI=1S/C26H25ClN2O3/c1-17-6-2-3-7-18(17)16-32-25-11-10-21(27)12-20(25)15-29-24(26(30)31)13-19-14-28-23-9-5-4-8-22(19)23/h2-12,14,24,28-29H,13,15-16H2,1H3,(H,30,31)/t24-/m1/s1. The third-order valence-corrected chi connectivity index (χ3v) is 5.84. The molecule has 164 valence electrons. The Balaban J connectivity index is 1.48. The van der Waals surface area contributed by atoms with Gasteiger partial charge in [-0.25, -0.2) is 0 Å². The number of halogens is 1. The molecule has 0 aliphatic rings. The van der Waals surface area contributed by atoms with Crippen molar-refractivity contribution in [2.24, 2.45) is 0 Å². The van der Waals surface area contributed by atoms with Gasteiger partial charge >= 0.3 is 5.97 Å². The van der Waals surface area contributed by atoms with Crippen molar-refractivity contribution >= 4 is 28.5 Å². The van der Waals surface area contributed by atoms with Gasteiger partial charge in [-0.1, -0.05) is 54.1 Å². The number of benzene rings is 3. The fourth-order valence-corrected chi connectivity index (χ4v) is 3.95. The molecule has 3 N–H and O–H groups in total. The number of H-pyrrole nitrogens is 1. The van der Waals surface area contributed by atoms with Crippen molar-refractivity contribution in [3.8, 4) is 5.75 Å². The number of carboxylic acid groups (broad SMARTS) is 1. The van der Waals surface area contributed by atoms with Crippen LogP contribution in [0.4, 0.5) is 0 Å². The van der Waals surface area contributed by atoms with Crippen LogP contribution in [-0.4, -0.2) is 22.1 Å². The van der Waals surface area contributed by atoms with Gasteiger partial charge in [0.15, 0.2) is 0 Å². The Morgan fingerprint density at radius 2 is 1.84 bits per heavy atom. The van der Waals surface area contributed by atoms with Gasteiger partial charge in [0.05, 0.1) is 0 Å². The monoisotopic (exact) mass is 448 g/mol. The summed E-state index contributed by atoms with van der Waals surface area (Å²) in [5, 5.41) is 14.6. The van der Waals surface area contributed by atoms with E-state index in [9.17, 15) is 9.90 Å². The SMILES string of the molecule is Cc1ccccc1COc1ccc(Cl)cc1CN[C@H](Cc1c[nH]c2ccccc12)C(=O)O. The molecule has 32 heavy (non-hydrogen) atoms. The lowest BCUT2D eigenvalue weighted by atomic mass is 10.0. The molecule has 5 nitrogen and oxygen atoms in total. The van der Waals surface area contributed by atoms with E-state index >= 15 is 0 Å². The van der Waals surface area contributed by atoms with E-state index in [0.717, 1.165) is 33.2 Å². The Hall–Kier alpha value is -3.28. The van der Waals surface area contributed by atoms with Crippen LogP contribution in [0.25, 0.3) is 10.9 Å². The number of aryl methyl sites for hydroxylation is 1. The number of aromatic amines is 1. The van der Waals surface area contributed by atoms with Crippen LogP contribution in [-0.2, 0) is 24.4 Å². The molecule has 0 bridgehead atoms. The van der Waals surface area contributed by atoms with E-state index in [1.165, 1.54) is 0 Å². The van der Waals surface area contributed by atoms with Crippen molar-refractivity contribution in [3.05, 3.63) is 100 Å². The molecule has 4 aromatic rings. The molecular formula is C26H25ClN2O3. The second kappa shape index (κ2) is 9.90. The van der Waals surface area contributed by atoms with E-state index in [1.807, 2.05) is 73.8 Å². The largest absolute Gasteiger partial charge is 0.489 e. The molecule has 3 aromatic carbocycles. The van der Waals surface area contributed by atoms with Crippen LogP contribution in [0.2, 0.25) is 5.02 Å². The molecule has 4 rings (SSSR count). The number of carboxylic acids is 1. The summed E-state index contributed by atoms with van der Waals surface area (Å²) in [6.45, 7) is 2.80. The highest BCUT2D eigenvalue weighted by atomic mass is 35.5. The van der Waals surface area contributed by atoms with Gasteiger partial charge in [-0.2, -0.15) is 0 Å². The van der Waals surface area contributed by atoms with E-state index in [-0.39, 0.29) is 0 Å². The predicted octanol–water partition coefficient (Wildman–Crippen LogP) is 5.49. The fourth-order valence-electron chi connectivity index (χ4n) is 3.75. The second-order valence-corrected chi connectivity index (χ2v) is 8.24. The first-order chi connectivity index (χ1) is 15.5. The van der Waals surface area contributed by atoms with Gasteiger partial charge in [-0.05, 0) is 47.9 Å². The maximum Gasteiger partial charge on any atom is 0.321 e. The second-order valence-electron chi connectivity index (χ2n) is 7.80. The van der Waals surface area contributed by atoms with Gasteiger partial charge in [-0.3, -0.25) is 10.1 Å². The number of carbonyl (C=O) groups is 1. The Bertz CT molecular complexity index is 1230. The van der Waals surface area contributed by atoms with Crippen LogP contribution >= 0.6 is 11.6 Å². The minimum atomic E-state index is -0.903. The van der Waals surface area contributed by atoms with Gasteiger partial charge in [0.1, 0.15) is 18.4 Å². The Morgan fingerprint density at radius 3 is 2.66 bits per heavy atom. The summed E-state index contributed by atoms with van der Waals surface area (Å²) in [4.78, 5) is 15.2. The maximum atomic E-state index is 12.0. The summed E-state index contributed by atoms with van der Waals surface area (Å²) in [5.74, 6) is -0.221. The third-order valence-electron chi connectivity index (χ3n) is 5.60. The number of rotatable bonds is 9. The molecule has 0 saturated carbocycles. The molecule has 6 heteroatoms. The first kappa shape index (κ1) is 21.9. The van der Waals surface area contributed by atoms with Crippen molar-refractivity contribution in [1.82, 2.24) is 10.3 Å². The number of aromatic nitrogens is 1. The van der Waals surface area contributed by atoms with Crippen molar-refractivity contribution in [2.45, 2.75) is 32.5 Å². The third kappa shape index (κ3) is 5.13. The highest BCUT2D eigenvalue weighted by molar-refractivity contribution is 6.30. The van der Waals surface area contributed by atoms with E-state index in [0.29, 0.717) is 30.3 Å². The van der Waals surface area contributed by atoms with E-state index in [4.69, 9.17) is 16.3 Å². The van der Waals surface area contributed by atoms with Crippen LogP contribution in [0.15, 0.2) is 72.9 Å². The zero-order valence-corrected chi connectivity index (χ0v) is 18.5. The number of hydrogen-bond acceptors (Lipinski definition) is 3. The molecule has 0 amide bonds. The van der Waals surface area contributed by atoms with Gasteiger partial charge < -0.3 is 14.8 Å². The number of aliphatic carboxylic acids is 1. The van der Waals surface area contributed by atoms with Crippen LogP contribution in [0.5, 0.6) is 5.75 Å². The molecule has 0 unspecified atom stereocenters. The lowest BCUT2D eigenvalue weighted by molar-refractivity contribution is -0.139. The minimum Gasteiger partial charge on any atom is -0.489 e. The molecule has 1 heterocycles. The smallest absolute Gasteiger partial charge is 0.321 e. The van der Waals surface area contributed by atoms with Crippen LogP contribution in [0.1, 0.15) is 22.3 Å². The van der Waals surface area contributed by atoms with Crippen LogP contribution in [0.3, 0.4) is 0 Å². The summed E-state index contributed by atoms with van der Waals surface area (Å²) in [5.41, 5.74) is 5.03. The molecule has 0 fully saturated rings. The number of para-hydroxylation sites is 1. The predicted molar refractivity (Wildman–Crippen MR) is 127 cm³/mol. The zero-order valence-electron chi connectivity index (χ0n) is 17.8. The van der Waals surface area contributed by atoms with Gasteiger partial charge in [0, 0.05) is 40.7 Å². The van der Waals surface area contributed by atoms with Crippen molar-refractivity contribution < 1.29 is 14.6 Å². The van der Waals surface area contributed by atoms with Crippen LogP contribution < -0.4 is 10.1 Å². The van der Waals surface area contributed by atoms with E-state index in [1.54, 1.807) is 6.07 Å². The summed E-state index contributed by atoms with van der Waals surface area (Å²) >= 11 is 6.21. The number of fused-ring (bicyclic) bond motifs is 1. The summed E-state index contributed by atoms with van der Waals surface area (Å²) in [6.07, 6.45) is 2.23. The molecule has 0 aliphatic carbocycles. The first-order valence-electron chi connectivity index (χ1n) is 10.5. The lowest BCUT2D eigenvalue weighted by Crippen LogP contribution is -2.38. The van der Waals surface area contributed by atoms with Crippen LogP contribution in [0, 0.1) is 6.92 Å². The van der Waals surface area contributed by atoms with E-state index in [2.05, 4.69) is 10.3 Å². The highest BCUT2D eigenvalue weighted by Crippen LogP contribution is 2.25. The quantitative estimate of drug-likeness (QED) is 0.316. The molecule has 0 aliphatic heterocycles. The first-order valence-corrected chi connectivity index (χ1v) is 10.9. The number of hydrogen-bond donors (Lipinski definition) is 3. The topological polar surface area (TPSA) is 74.3 Å². The molecular weight excluding hydrogens is 424 g/mol. The van der Waals surface area contributed by atoms with E-state index < -0.39 is 12.0 Å². The Morgan fingerprint density at radius 1 is 1.06 bits per heavy atom. The van der Waals surface area contributed by atoms with Gasteiger partial charge in [0.2, 0.25) is 0 Å². The maximum absolute atomic E-state index is 12.0. The molecule has 1 atom stereocenters. The highest BCUT2D eigenvalue weighted by Gasteiger charge is 2.20. The minimum absolute atomic E-state index is 0.322. The Kier molecular flexibility index (Phi) is 6.78. The summed E-state index contributed by atoms with van der Waals surface area (Å²) < 4.78 is 6.06. The normalized spacial score (nSPS) is 12.1. The Labute approximate surface area is 192 Å². The number of nitrogens with one attached hydrogen (secondary N) is 2. The van der Waals surface area contributed by atoms with Crippen molar-refractivity contribution in [2.75, 3.05) is 0 Å². The van der Waals surface area contributed by atoms with Gasteiger partial charge in [-0.15, -0.1) is 0 Å². The zero-order chi connectivity index (χ0) is 22.5. The molecule has 0 radical (unpaired) electrons. The molecule has 0 saturated heterocycles. The molecule has 1 aromatic heterocycles. The summed E-state index contributed by atoms with van der Waals surface area (Å²) in [6, 6.07) is 20.6.